The second kappa shape index (κ2) is 6.46. The molecule has 2 aromatic rings. The molecule has 1 aromatic carbocycles. The molecular weight excluding hydrogens is 298 g/mol. The normalized spacial score (nSPS) is 12.7. The number of rotatable bonds is 2. The Balaban J connectivity index is 3.11. The molecular formula is C16H11N3O4. The third-order valence-electron chi connectivity index (χ3n) is 3.22. The van der Waals surface area contributed by atoms with E-state index in [1.807, 2.05) is 0 Å². The first-order valence-electron chi connectivity index (χ1n) is 6.41. The number of ether oxygens (including phenoxy) is 2. The lowest BCUT2D eigenvalue weighted by Crippen LogP contribution is -2.21. The van der Waals surface area contributed by atoms with Crippen molar-refractivity contribution in [1.82, 2.24) is 4.98 Å². The van der Waals surface area contributed by atoms with Crippen LogP contribution < -0.4 is 10.7 Å². The fourth-order valence-electron chi connectivity index (χ4n) is 2.18. The molecule has 0 amide bonds. The highest BCUT2D eigenvalue weighted by molar-refractivity contribution is 6.18. The summed E-state index contributed by atoms with van der Waals surface area (Å²) in [5.41, 5.74) is -0.505. The number of H-pyrrole nitrogens is 1. The number of nitriles is 2. The monoisotopic (exact) mass is 309 g/mol. The van der Waals surface area contributed by atoms with Crippen LogP contribution in [0.4, 0.5) is 0 Å². The lowest BCUT2D eigenvalue weighted by molar-refractivity contribution is -0.134. The van der Waals surface area contributed by atoms with Crippen LogP contribution >= 0.6 is 0 Å². The number of aromatic amines is 1. The third-order valence-corrected chi connectivity index (χ3v) is 3.22. The number of fused-ring (bicyclic) bond motifs is 1. The molecule has 0 atom stereocenters. The average molecular weight is 309 g/mol. The van der Waals surface area contributed by atoms with Crippen LogP contribution in [-0.4, -0.2) is 31.1 Å². The van der Waals surface area contributed by atoms with Gasteiger partial charge in [0.15, 0.2) is 11.1 Å². The first kappa shape index (κ1) is 15.8. The number of esters is 2. The van der Waals surface area contributed by atoms with Crippen molar-refractivity contribution in [3.63, 3.8) is 0 Å². The molecule has 1 heterocycles. The predicted molar refractivity (Wildman–Crippen MR) is 79.6 cm³/mol. The molecule has 7 nitrogen and oxygen atoms in total. The number of hydrogen-bond donors (Lipinski definition) is 1. The number of aromatic nitrogens is 1. The van der Waals surface area contributed by atoms with Gasteiger partial charge in [0.25, 0.3) is 0 Å². The standard InChI is InChI=1S/C16H11N3O4/c1-22-15(20)11(7-17)13-9-5-3-4-6-10(9)14(19-13)12(8-18)16(21)23-2/h3-6,19H,1-2H3. The number of hydrogen-bond acceptors (Lipinski definition) is 6. The SMILES string of the molecule is COC(=O)C(C#N)=c1[nH]c(=C(C#N)C(=O)OC)c2ccccc12. The summed E-state index contributed by atoms with van der Waals surface area (Å²) < 4.78 is 9.18. The minimum atomic E-state index is -0.817. The van der Waals surface area contributed by atoms with Crippen LogP contribution in [0.2, 0.25) is 0 Å². The van der Waals surface area contributed by atoms with Crippen LogP contribution in [0.5, 0.6) is 0 Å². The molecule has 0 spiro atoms. The van der Waals surface area contributed by atoms with Gasteiger partial charge in [0.2, 0.25) is 0 Å². The lowest BCUT2D eigenvalue weighted by atomic mass is 10.1. The molecule has 0 radical (unpaired) electrons. The van der Waals surface area contributed by atoms with Gasteiger partial charge in [-0.3, -0.25) is 0 Å². The van der Waals surface area contributed by atoms with Gasteiger partial charge in [-0.05, 0) is 0 Å². The molecule has 0 bridgehead atoms. The maximum atomic E-state index is 11.8. The van der Waals surface area contributed by atoms with E-state index in [9.17, 15) is 20.1 Å². The van der Waals surface area contributed by atoms with E-state index in [4.69, 9.17) is 0 Å². The second-order valence-corrected chi connectivity index (χ2v) is 4.38. The minimum absolute atomic E-state index is 0.182. The Kier molecular flexibility index (Phi) is 4.44. The van der Waals surface area contributed by atoms with Crippen molar-refractivity contribution in [2.75, 3.05) is 14.2 Å². The van der Waals surface area contributed by atoms with E-state index in [0.29, 0.717) is 10.8 Å². The van der Waals surface area contributed by atoms with E-state index >= 15 is 0 Å². The lowest BCUT2D eigenvalue weighted by Gasteiger charge is -1.94. The molecule has 1 N–H and O–H groups in total. The van der Waals surface area contributed by atoms with Crippen LogP contribution in [0.1, 0.15) is 0 Å². The van der Waals surface area contributed by atoms with E-state index in [1.54, 1.807) is 36.4 Å². The van der Waals surface area contributed by atoms with Crippen molar-refractivity contribution in [3.8, 4) is 12.1 Å². The number of methoxy groups -OCH3 is 2. The van der Waals surface area contributed by atoms with Crippen molar-refractivity contribution in [1.29, 1.82) is 10.5 Å². The van der Waals surface area contributed by atoms with E-state index in [1.165, 1.54) is 0 Å². The summed E-state index contributed by atoms with van der Waals surface area (Å²) >= 11 is 0. The van der Waals surface area contributed by atoms with Gasteiger partial charge < -0.3 is 14.5 Å². The Labute approximate surface area is 130 Å². The van der Waals surface area contributed by atoms with E-state index in [-0.39, 0.29) is 21.8 Å². The highest BCUT2D eigenvalue weighted by atomic mass is 16.5. The zero-order chi connectivity index (χ0) is 17.0. The van der Waals surface area contributed by atoms with Crippen molar-refractivity contribution >= 4 is 33.9 Å². The van der Waals surface area contributed by atoms with Gasteiger partial charge in [-0.15, -0.1) is 0 Å². The largest absolute Gasteiger partial charge is 0.465 e. The molecule has 0 saturated carbocycles. The number of nitrogens with zero attached hydrogens (tertiary/aromatic N) is 2. The molecule has 23 heavy (non-hydrogen) atoms. The highest BCUT2D eigenvalue weighted by Crippen LogP contribution is 2.08. The Morgan fingerprint density at radius 3 is 1.61 bits per heavy atom. The van der Waals surface area contributed by atoms with Gasteiger partial charge >= 0.3 is 11.9 Å². The molecule has 2 rings (SSSR count). The molecule has 0 fully saturated rings. The summed E-state index contributed by atoms with van der Waals surface area (Å²) in [6.07, 6.45) is 0. The van der Waals surface area contributed by atoms with Crippen molar-refractivity contribution < 1.29 is 19.1 Å². The Hall–Kier alpha value is -3.58. The van der Waals surface area contributed by atoms with Crippen LogP contribution in [0.25, 0.3) is 21.9 Å². The molecule has 0 aliphatic rings. The summed E-state index contributed by atoms with van der Waals surface area (Å²) in [7, 11) is 2.32. The van der Waals surface area contributed by atoms with Gasteiger partial charge in [-0.2, -0.15) is 10.5 Å². The van der Waals surface area contributed by atoms with Crippen LogP contribution in [-0.2, 0) is 19.1 Å². The Morgan fingerprint density at radius 2 is 1.30 bits per heavy atom. The summed E-state index contributed by atoms with van der Waals surface area (Å²) in [5, 5.41) is 19.9. The van der Waals surface area contributed by atoms with Crippen molar-refractivity contribution in [2.24, 2.45) is 0 Å². The summed E-state index contributed by atoms with van der Waals surface area (Å²) in [4.78, 5) is 26.3. The predicted octanol–water partition coefficient (Wildman–Crippen LogP) is -0.138. The first-order chi connectivity index (χ1) is 11.1. The fraction of sp³-hybridized carbons (Fsp3) is 0.125. The molecule has 0 unspecified atom stereocenters. The number of benzene rings is 1. The van der Waals surface area contributed by atoms with Crippen molar-refractivity contribution in [3.05, 3.63) is 35.0 Å². The molecule has 114 valence electrons. The Bertz CT molecular complexity index is 923. The average Bonchev–Trinajstić information content (AvgIpc) is 2.95. The van der Waals surface area contributed by atoms with E-state index < -0.39 is 11.9 Å². The topological polar surface area (TPSA) is 116 Å². The highest BCUT2D eigenvalue weighted by Gasteiger charge is 2.17. The number of carbonyl (C=O) groups is 2. The summed E-state index contributed by atoms with van der Waals surface area (Å²) in [6, 6.07) is 10.3. The Morgan fingerprint density at radius 1 is 0.913 bits per heavy atom. The van der Waals surface area contributed by atoms with E-state index in [0.717, 1.165) is 14.2 Å². The van der Waals surface area contributed by atoms with E-state index in [2.05, 4.69) is 14.5 Å². The van der Waals surface area contributed by atoms with Crippen LogP contribution in [0.15, 0.2) is 24.3 Å². The molecule has 1 aromatic heterocycles. The van der Waals surface area contributed by atoms with Crippen LogP contribution in [0.3, 0.4) is 0 Å². The third kappa shape index (κ3) is 2.63. The molecule has 0 aliphatic carbocycles. The van der Waals surface area contributed by atoms with Gasteiger partial charge in [-0.1, -0.05) is 24.3 Å². The zero-order valence-electron chi connectivity index (χ0n) is 12.3. The van der Waals surface area contributed by atoms with Crippen molar-refractivity contribution in [2.45, 2.75) is 0 Å². The van der Waals surface area contributed by atoms with Gasteiger partial charge in [0.05, 0.1) is 24.9 Å². The maximum Gasteiger partial charge on any atom is 0.350 e. The summed E-state index contributed by atoms with van der Waals surface area (Å²) in [6.45, 7) is 0. The molecule has 0 saturated heterocycles. The van der Waals surface area contributed by atoms with Crippen LogP contribution in [0, 0.1) is 22.7 Å². The summed E-state index contributed by atoms with van der Waals surface area (Å²) in [5.74, 6) is -1.63. The maximum absolute atomic E-state index is 11.8. The molecule has 7 heteroatoms. The smallest absolute Gasteiger partial charge is 0.350 e. The van der Waals surface area contributed by atoms with Gasteiger partial charge in [0.1, 0.15) is 12.1 Å². The molecule has 0 aliphatic heterocycles. The van der Waals surface area contributed by atoms with Gasteiger partial charge in [-0.25, -0.2) is 9.59 Å². The quantitative estimate of drug-likeness (QED) is 0.772. The van der Waals surface area contributed by atoms with Gasteiger partial charge in [0, 0.05) is 10.8 Å². The first-order valence-corrected chi connectivity index (χ1v) is 6.41. The number of nitrogens with one attached hydrogen (secondary N) is 1. The fourth-order valence-corrected chi connectivity index (χ4v) is 2.18. The zero-order valence-corrected chi connectivity index (χ0v) is 12.3. The second-order valence-electron chi connectivity index (χ2n) is 4.38. The minimum Gasteiger partial charge on any atom is -0.465 e. The number of carbonyl (C=O) groups excluding carboxylic acids is 2.